The van der Waals surface area contributed by atoms with Crippen LogP contribution in [0, 0.1) is 5.82 Å². The van der Waals surface area contributed by atoms with E-state index in [1.165, 1.54) is 11.0 Å². The van der Waals surface area contributed by atoms with Crippen molar-refractivity contribution in [1.29, 1.82) is 0 Å². The average Bonchev–Trinajstić information content (AvgIpc) is 2.55. The summed E-state index contributed by atoms with van der Waals surface area (Å²) in [5, 5.41) is 2.77. The number of hydrogen-bond donors (Lipinski definition) is 1. The lowest BCUT2D eigenvalue weighted by Gasteiger charge is -2.28. The number of nitrogens with one attached hydrogen (secondary N) is 1. The zero-order chi connectivity index (χ0) is 16.4. The lowest BCUT2D eigenvalue weighted by molar-refractivity contribution is -0.134. The largest absolute Gasteiger partial charge is 0.341 e. The van der Waals surface area contributed by atoms with Gasteiger partial charge >= 0.3 is 0 Å². The third-order valence-corrected chi connectivity index (χ3v) is 4.04. The van der Waals surface area contributed by atoms with Crippen LogP contribution in [-0.2, 0) is 16.1 Å². The first-order chi connectivity index (χ1) is 11.1. The summed E-state index contributed by atoms with van der Waals surface area (Å²) in [7, 11) is 1.63. The molecule has 118 valence electrons. The van der Waals surface area contributed by atoms with Gasteiger partial charge in [0.1, 0.15) is 5.82 Å². The van der Waals surface area contributed by atoms with E-state index in [0.29, 0.717) is 11.3 Å². The van der Waals surface area contributed by atoms with Crippen molar-refractivity contribution in [3.05, 3.63) is 65.5 Å². The van der Waals surface area contributed by atoms with Gasteiger partial charge in [-0.3, -0.25) is 9.59 Å². The molecule has 23 heavy (non-hydrogen) atoms. The van der Waals surface area contributed by atoms with Crippen molar-refractivity contribution in [2.75, 3.05) is 12.4 Å². The smallest absolute Gasteiger partial charge is 0.230 e. The first-order valence-electron chi connectivity index (χ1n) is 7.43. The molecule has 0 fully saturated rings. The summed E-state index contributed by atoms with van der Waals surface area (Å²) in [6.07, 6.45) is 0.109. The fourth-order valence-electron chi connectivity index (χ4n) is 2.86. The van der Waals surface area contributed by atoms with Crippen LogP contribution in [0.25, 0.3) is 0 Å². The van der Waals surface area contributed by atoms with Gasteiger partial charge in [-0.1, -0.05) is 36.4 Å². The maximum absolute atomic E-state index is 13.8. The highest BCUT2D eigenvalue weighted by atomic mass is 19.1. The number of para-hydroxylation sites is 1. The van der Waals surface area contributed by atoms with Crippen molar-refractivity contribution < 1.29 is 14.0 Å². The highest BCUT2D eigenvalue weighted by Gasteiger charge is 2.32. The maximum atomic E-state index is 13.8. The van der Waals surface area contributed by atoms with Crippen LogP contribution >= 0.6 is 0 Å². The van der Waals surface area contributed by atoms with Gasteiger partial charge in [0.2, 0.25) is 11.8 Å². The third kappa shape index (κ3) is 3.08. The average molecular weight is 312 g/mol. The van der Waals surface area contributed by atoms with Gasteiger partial charge in [-0.15, -0.1) is 0 Å². The summed E-state index contributed by atoms with van der Waals surface area (Å²) in [4.78, 5) is 26.1. The molecule has 0 saturated carbocycles. The van der Waals surface area contributed by atoms with Gasteiger partial charge in [0.15, 0.2) is 0 Å². The van der Waals surface area contributed by atoms with E-state index in [1.54, 1.807) is 31.3 Å². The lowest BCUT2D eigenvalue weighted by Crippen LogP contribution is -2.36. The summed E-state index contributed by atoms with van der Waals surface area (Å²) >= 11 is 0. The first-order valence-corrected chi connectivity index (χ1v) is 7.43. The predicted octanol–water partition coefficient (Wildman–Crippen LogP) is 2.91. The molecule has 3 rings (SSSR count). The molecule has 0 bridgehead atoms. The third-order valence-electron chi connectivity index (χ3n) is 4.04. The van der Waals surface area contributed by atoms with Crippen LogP contribution < -0.4 is 5.32 Å². The van der Waals surface area contributed by atoms with Crippen molar-refractivity contribution in [3.63, 3.8) is 0 Å². The molecule has 0 spiro atoms. The van der Waals surface area contributed by atoms with Crippen LogP contribution in [0.5, 0.6) is 0 Å². The standard InChI is InChI=1S/C18H17FN2O2/c1-21(11-12-6-2-4-8-15(12)19)18(23)14-10-17(22)20-16-9-5-3-7-13(14)16/h2-9,14H,10-11H2,1H3,(H,20,22). The van der Waals surface area contributed by atoms with Gasteiger partial charge in [0, 0.05) is 31.3 Å². The highest BCUT2D eigenvalue weighted by Crippen LogP contribution is 2.33. The SMILES string of the molecule is CN(Cc1ccccc1F)C(=O)C1CC(=O)Nc2ccccc21. The van der Waals surface area contributed by atoms with Crippen LogP contribution in [0.1, 0.15) is 23.5 Å². The number of likely N-dealkylation sites (N-methyl/N-ethyl adjacent to an activating group) is 1. The van der Waals surface area contributed by atoms with Crippen molar-refractivity contribution in [2.45, 2.75) is 18.9 Å². The number of nitrogens with zero attached hydrogens (tertiary/aromatic N) is 1. The number of rotatable bonds is 3. The van der Waals surface area contributed by atoms with Gasteiger partial charge < -0.3 is 10.2 Å². The van der Waals surface area contributed by atoms with E-state index in [4.69, 9.17) is 0 Å². The van der Waals surface area contributed by atoms with Crippen molar-refractivity contribution >= 4 is 17.5 Å². The minimum atomic E-state index is -0.531. The molecule has 1 heterocycles. The molecule has 1 unspecified atom stereocenters. The Kier molecular flexibility index (Phi) is 4.10. The molecule has 0 radical (unpaired) electrons. The summed E-state index contributed by atoms with van der Waals surface area (Å²) < 4.78 is 13.8. The number of fused-ring (bicyclic) bond motifs is 1. The van der Waals surface area contributed by atoms with E-state index in [9.17, 15) is 14.0 Å². The molecule has 1 atom stereocenters. The van der Waals surface area contributed by atoms with E-state index in [0.717, 1.165) is 5.56 Å². The number of hydrogen-bond acceptors (Lipinski definition) is 2. The van der Waals surface area contributed by atoms with Crippen LogP contribution in [0.4, 0.5) is 10.1 Å². The Hall–Kier alpha value is -2.69. The van der Waals surface area contributed by atoms with Crippen LogP contribution in [0.3, 0.4) is 0 Å². The Morgan fingerprint density at radius 1 is 1.22 bits per heavy atom. The fraction of sp³-hybridized carbons (Fsp3) is 0.222. The maximum Gasteiger partial charge on any atom is 0.230 e. The van der Waals surface area contributed by atoms with Gasteiger partial charge in [-0.25, -0.2) is 4.39 Å². The molecule has 1 N–H and O–H groups in total. The molecule has 4 nitrogen and oxygen atoms in total. The summed E-state index contributed by atoms with van der Waals surface area (Å²) in [5.74, 6) is -1.23. The molecule has 2 aromatic carbocycles. The number of amides is 2. The second kappa shape index (κ2) is 6.20. The van der Waals surface area contributed by atoms with Gasteiger partial charge in [0.25, 0.3) is 0 Å². The predicted molar refractivity (Wildman–Crippen MR) is 85.3 cm³/mol. The van der Waals surface area contributed by atoms with E-state index >= 15 is 0 Å². The van der Waals surface area contributed by atoms with E-state index in [1.807, 2.05) is 18.2 Å². The normalized spacial score (nSPS) is 16.4. The van der Waals surface area contributed by atoms with E-state index < -0.39 is 5.92 Å². The monoisotopic (exact) mass is 312 g/mol. The Morgan fingerprint density at radius 3 is 2.70 bits per heavy atom. The fourth-order valence-corrected chi connectivity index (χ4v) is 2.86. The number of halogens is 1. The Bertz CT molecular complexity index is 760. The van der Waals surface area contributed by atoms with Crippen LogP contribution in [-0.4, -0.2) is 23.8 Å². The summed E-state index contributed by atoms with van der Waals surface area (Å²) in [6, 6.07) is 13.7. The topological polar surface area (TPSA) is 49.4 Å². The summed E-state index contributed by atoms with van der Waals surface area (Å²) in [6.45, 7) is 0.172. The number of carbonyl (C=O) groups excluding carboxylic acids is 2. The van der Waals surface area contributed by atoms with Gasteiger partial charge in [-0.05, 0) is 17.7 Å². The Morgan fingerprint density at radius 2 is 1.91 bits per heavy atom. The van der Waals surface area contributed by atoms with Crippen LogP contribution in [0.2, 0.25) is 0 Å². The molecule has 2 amide bonds. The van der Waals surface area contributed by atoms with Gasteiger partial charge in [0.05, 0.1) is 5.92 Å². The molecule has 0 aromatic heterocycles. The van der Waals surface area contributed by atoms with Crippen LogP contribution in [0.15, 0.2) is 48.5 Å². The molecule has 2 aromatic rings. The number of anilines is 1. The molecular formula is C18H17FN2O2. The Labute approximate surface area is 133 Å². The number of carbonyl (C=O) groups is 2. The van der Waals surface area contributed by atoms with Gasteiger partial charge in [-0.2, -0.15) is 0 Å². The summed E-state index contributed by atoms with van der Waals surface area (Å²) in [5.41, 5.74) is 1.93. The second-order valence-corrected chi connectivity index (χ2v) is 5.68. The molecule has 0 saturated heterocycles. The molecule has 1 aliphatic rings. The molecular weight excluding hydrogens is 295 g/mol. The lowest BCUT2D eigenvalue weighted by atomic mass is 9.89. The zero-order valence-electron chi connectivity index (χ0n) is 12.8. The first kappa shape index (κ1) is 15.2. The second-order valence-electron chi connectivity index (χ2n) is 5.68. The minimum absolute atomic E-state index is 0.109. The van der Waals surface area contributed by atoms with Crippen molar-refractivity contribution in [2.24, 2.45) is 0 Å². The molecule has 5 heteroatoms. The highest BCUT2D eigenvalue weighted by molar-refractivity contribution is 6.01. The van der Waals surface area contributed by atoms with E-state index in [-0.39, 0.29) is 30.6 Å². The van der Waals surface area contributed by atoms with E-state index in [2.05, 4.69) is 5.32 Å². The zero-order valence-corrected chi connectivity index (χ0v) is 12.8. The minimum Gasteiger partial charge on any atom is -0.341 e. The Balaban J connectivity index is 1.83. The molecule has 0 aliphatic carbocycles. The quantitative estimate of drug-likeness (QED) is 0.947. The van der Waals surface area contributed by atoms with Crippen molar-refractivity contribution in [3.8, 4) is 0 Å². The van der Waals surface area contributed by atoms with Crippen molar-refractivity contribution in [1.82, 2.24) is 4.90 Å². The number of benzene rings is 2. The molecule has 1 aliphatic heterocycles.